The molecule has 0 spiro atoms. The molecule has 1 aliphatic carbocycles. The quantitative estimate of drug-likeness (QED) is 0.451. The van der Waals surface area contributed by atoms with Crippen molar-refractivity contribution in [2.45, 2.75) is 32.6 Å². The van der Waals surface area contributed by atoms with Gasteiger partial charge in [-0.3, -0.25) is 14.6 Å². The summed E-state index contributed by atoms with van der Waals surface area (Å²) >= 11 is 0. The second kappa shape index (κ2) is 9.23. The highest BCUT2D eigenvalue weighted by Gasteiger charge is 2.22. The van der Waals surface area contributed by atoms with Crippen LogP contribution in [-0.4, -0.2) is 33.8 Å². The molecular weight excluding hydrogens is 418 g/mol. The van der Waals surface area contributed by atoms with E-state index in [9.17, 15) is 9.59 Å². The highest BCUT2D eigenvalue weighted by molar-refractivity contribution is 6.01. The fourth-order valence-electron chi connectivity index (χ4n) is 4.13. The van der Waals surface area contributed by atoms with E-state index in [2.05, 4.69) is 25.6 Å². The van der Waals surface area contributed by atoms with Crippen LogP contribution in [0, 0.1) is 12.8 Å². The summed E-state index contributed by atoms with van der Waals surface area (Å²) < 4.78 is 0. The highest BCUT2D eigenvalue weighted by atomic mass is 16.2. The van der Waals surface area contributed by atoms with Gasteiger partial charge < -0.3 is 22.1 Å². The number of allylic oxidation sites excluding steroid dienone is 1. The largest absolute Gasteiger partial charge is 0.397 e. The van der Waals surface area contributed by atoms with E-state index in [1.54, 1.807) is 37.8 Å². The lowest BCUT2D eigenvalue weighted by molar-refractivity contribution is -0.125. The molecule has 9 heteroatoms. The van der Waals surface area contributed by atoms with Gasteiger partial charge in [-0.1, -0.05) is 5.57 Å². The first kappa shape index (κ1) is 22.2. The molecule has 3 aromatic heterocycles. The number of aromatic nitrogens is 3. The van der Waals surface area contributed by atoms with Crippen LogP contribution in [0.4, 0.5) is 17.3 Å². The fraction of sp³-hybridized carbons (Fsp3) is 0.292. The standard InChI is InChI=1S/C24H27N7O2/c1-13-17(10-28-12-19(13)25)20-8-16-9-21(29-11-18(16)23(26)30-20)31-22(32)7-14-3-5-15(6-4-14)24(33)27-2/h7-12,15H,3-6,25H2,1-2H3,(H2,26,30)(H,27,33)(H,29,31,32). The van der Waals surface area contributed by atoms with Gasteiger partial charge in [0.2, 0.25) is 11.8 Å². The molecular formula is C24H27N7O2. The molecule has 1 aliphatic rings. The number of carbonyl (C=O) groups excluding carboxylic acids is 2. The van der Waals surface area contributed by atoms with E-state index in [1.165, 1.54) is 0 Å². The summed E-state index contributed by atoms with van der Waals surface area (Å²) in [7, 11) is 1.65. The van der Waals surface area contributed by atoms with Crippen molar-refractivity contribution in [1.29, 1.82) is 0 Å². The molecule has 6 N–H and O–H groups in total. The summed E-state index contributed by atoms with van der Waals surface area (Å²) in [5.41, 5.74) is 16.1. The third-order valence-corrected chi connectivity index (χ3v) is 6.11. The van der Waals surface area contributed by atoms with Gasteiger partial charge in [0.1, 0.15) is 11.6 Å². The van der Waals surface area contributed by atoms with Gasteiger partial charge in [-0.25, -0.2) is 9.97 Å². The summed E-state index contributed by atoms with van der Waals surface area (Å²) in [6.07, 6.45) is 9.48. The second-order valence-electron chi connectivity index (χ2n) is 8.27. The predicted molar refractivity (Wildman–Crippen MR) is 129 cm³/mol. The predicted octanol–water partition coefficient (Wildman–Crippen LogP) is 2.97. The molecule has 0 aromatic carbocycles. The van der Waals surface area contributed by atoms with Gasteiger partial charge >= 0.3 is 0 Å². The second-order valence-corrected chi connectivity index (χ2v) is 8.27. The minimum absolute atomic E-state index is 0.0180. The minimum atomic E-state index is -0.242. The van der Waals surface area contributed by atoms with Crippen molar-refractivity contribution in [2.24, 2.45) is 5.92 Å². The van der Waals surface area contributed by atoms with Crippen molar-refractivity contribution in [3.8, 4) is 11.3 Å². The van der Waals surface area contributed by atoms with Crippen molar-refractivity contribution in [3.05, 3.63) is 47.9 Å². The summed E-state index contributed by atoms with van der Waals surface area (Å²) in [4.78, 5) is 37.3. The van der Waals surface area contributed by atoms with Crippen LogP contribution in [0.1, 0.15) is 31.2 Å². The number of nitrogens with one attached hydrogen (secondary N) is 2. The Hall–Kier alpha value is -4.01. The number of carbonyl (C=O) groups is 2. The topological polar surface area (TPSA) is 149 Å². The molecule has 0 aliphatic heterocycles. The number of nitrogens with two attached hydrogens (primary N) is 2. The van der Waals surface area contributed by atoms with Gasteiger partial charge in [0.15, 0.2) is 0 Å². The zero-order valence-electron chi connectivity index (χ0n) is 18.7. The van der Waals surface area contributed by atoms with Crippen LogP contribution in [0.3, 0.4) is 0 Å². The Balaban J connectivity index is 1.54. The van der Waals surface area contributed by atoms with Gasteiger partial charge in [-0.15, -0.1) is 0 Å². The molecule has 9 nitrogen and oxygen atoms in total. The van der Waals surface area contributed by atoms with Gasteiger partial charge in [0, 0.05) is 42.4 Å². The number of fused-ring (bicyclic) bond motifs is 1. The Morgan fingerprint density at radius 2 is 1.88 bits per heavy atom. The first-order valence-electron chi connectivity index (χ1n) is 10.8. The van der Waals surface area contributed by atoms with E-state index >= 15 is 0 Å². The van der Waals surface area contributed by atoms with E-state index in [1.807, 2.05) is 13.0 Å². The Morgan fingerprint density at radius 1 is 1.12 bits per heavy atom. The first-order chi connectivity index (χ1) is 15.9. The lowest BCUT2D eigenvalue weighted by atomic mass is 9.85. The van der Waals surface area contributed by atoms with E-state index < -0.39 is 0 Å². The molecule has 0 saturated heterocycles. The maximum absolute atomic E-state index is 12.6. The molecule has 3 heterocycles. The number of rotatable bonds is 4. The van der Waals surface area contributed by atoms with Crippen LogP contribution in [0.5, 0.6) is 0 Å². The maximum atomic E-state index is 12.6. The monoisotopic (exact) mass is 445 g/mol. The minimum Gasteiger partial charge on any atom is -0.397 e. The van der Waals surface area contributed by atoms with Crippen LogP contribution in [0.15, 0.2) is 42.4 Å². The smallest absolute Gasteiger partial charge is 0.249 e. The average molecular weight is 446 g/mol. The van der Waals surface area contributed by atoms with Crippen LogP contribution < -0.4 is 22.1 Å². The Kier molecular flexibility index (Phi) is 6.21. The number of amides is 2. The highest BCUT2D eigenvalue weighted by Crippen LogP contribution is 2.31. The molecule has 1 fully saturated rings. The molecule has 3 aromatic rings. The van der Waals surface area contributed by atoms with Crippen molar-refractivity contribution in [1.82, 2.24) is 20.3 Å². The van der Waals surface area contributed by atoms with Crippen LogP contribution in [0.2, 0.25) is 0 Å². The van der Waals surface area contributed by atoms with E-state index in [0.29, 0.717) is 28.4 Å². The molecule has 1 saturated carbocycles. The van der Waals surface area contributed by atoms with Gasteiger partial charge in [-0.05, 0) is 55.7 Å². The lowest BCUT2D eigenvalue weighted by Crippen LogP contribution is -2.29. The number of hydrogen-bond acceptors (Lipinski definition) is 7. The Bertz CT molecular complexity index is 1260. The number of hydrogen-bond donors (Lipinski definition) is 4. The molecule has 0 radical (unpaired) electrons. The average Bonchev–Trinajstić information content (AvgIpc) is 2.80. The summed E-state index contributed by atoms with van der Waals surface area (Å²) in [5, 5.41) is 7.01. The van der Waals surface area contributed by atoms with E-state index in [-0.39, 0.29) is 17.7 Å². The van der Waals surface area contributed by atoms with E-state index in [4.69, 9.17) is 11.5 Å². The van der Waals surface area contributed by atoms with Crippen LogP contribution >= 0.6 is 0 Å². The van der Waals surface area contributed by atoms with Gasteiger partial charge in [0.25, 0.3) is 0 Å². The molecule has 33 heavy (non-hydrogen) atoms. The van der Waals surface area contributed by atoms with Crippen LogP contribution in [-0.2, 0) is 9.59 Å². The van der Waals surface area contributed by atoms with E-state index in [0.717, 1.165) is 47.8 Å². The van der Waals surface area contributed by atoms with Crippen molar-refractivity contribution >= 4 is 39.9 Å². The van der Waals surface area contributed by atoms with Crippen molar-refractivity contribution < 1.29 is 9.59 Å². The molecule has 0 unspecified atom stereocenters. The zero-order chi connectivity index (χ0) is 23.5. The van der Waals surface area contributed by atoms with Crippen molar-refractivity contribution in [3.63, 3.8) is 0 Å². The molecule has 170 valence electrons. The Labute approximate surface area is 191 Å². The molecule has 0 bridgehead atoms. The normalized spacial score (nSPS) is 15.8. The number of pyridine rings is 3. The third kappa shape index (κ3) is 4.77. The summed E-state index contributed by atoms with van der Waals surface area (Å²) in [6, 6.07) is 3.65. The summed E-state index contributed by atoms with van der Waals surface area (Å²) in [5.74, 6) is 0.598. The number of nitrogen functional groups attached to an aromatic ring is 2. The molecule has 0 atom stereocenters. The molecule has 4 rings (SSSR count). The third-order valence-electron chi connectivity index (χ3n) is 6.11. The molecule has 2 amide bonds. The fourth-order valence-corrected chi connectivity index (χ4v) is 4.13. The first-order valence-corrected chi connectivity index (χ1v) is 10.8. The number of nitrogens with zero attached hydrogens (tertiary/aromatic N) is 3. The maximum Gasteiger partial charge on any atom is 0.249 e. The van der Waals surface area contributed by atoms with Gasteiger partial charge in [0.05, 0.1) is 17.6 Å². The Morgan fingerprint density at radius 3 is 2.61 bits per heavy atom. The number of anilines is 3. The summed E-state index contributed by atoms with van der Waals surface area (Å²) in [6.45, 7) is 1.91. The van der Waals surface area contributed by atoms with Crippen LogP contribution in [0.25, 0.3) is 22.0 Å². The van der Waals surface area contributed by atoms with Crippen molar-refractivity contribution in [2.75, 3.05) is 23.8 Å². The lowest BCUT2D eigenvalue weighted by Gasteiger charge is -2.22. The van der Waals surface area contributed by atoms with Gasteiger partial charge in [-0.2, -0.15) is 0 Å². The SMILES string of the molecule is CNC(=O)C1CCC(=CC(=O)Nc2cc3cc(-c4cncc(N)c4C)nc(N)c3cn2)CC1. The zero-order valence-corrected chi connectivity index (χ0v) is 18.7.